The number of pyridine rings is 1. The molecule has 9 heteroatoms. The second-order valence-electron chi connectivity index (χ2n) is 7.04. The van der Waals surface area contributed by atoms with Crippen molar-refractivity contribution in [3.63, 3.8) is 0 Å². The summed E-state index contributed by atoms with van der Waals surface area (Å²) in [4.78, 5) is 22.6. The summed E-state index contributed by atoms with van der Waals surface area (Å²) in [5, 5.41) is 0. The van der Waals surface area contributed by atoms with Gasteiger partial charge < -0.3 is 5.73 Å². The van der Waals surface area contributed by atoms with Crippen LogP contribution in [0.15, 0.2) is 71.9 Å². The van der Waals surface area contributed by atoms with Crippen LogP contribution in [0.3, 0.4) is 0 Å². The van der Waals surface area contributed by atoms with Crippen LogP contribution in [0.2, 0.25) is 0 Å². The lowest BCUT2D eigenvalue weighted by Gasteiger charge is -2.25. The standard InChI is InChI=1S/C22H16F4N4O/c1-30-19(31)21(29-20(30)27,18-10-9-15(12-28-18)22(24,25)26)14-6-4-5-13(11-14)16-7-2-3-8-17(16)23/h2-12H,1H3,(H2,27,29). The second-order valence-corrected chi connectivity index (χ2v) is 7.04. The molecule has 0 fully saturated rings. The van der Waals surface area contributed by atoms with Gasteiger partial charge in [0, 0.05) is 18.8 Å². The SMILES string of the molecule is CN1C(=O)C(c2cccc(-c3ccccc3F)c2)(c2ccc(C(F)(F)F)cn2)N=C1N. The number of carbonyl (C=O) groups excluding carboxylic acids is 1. The lowest BCUT2D eigenvalue weighted by atomic mass is 9.84. The van der Waals surface area contributed by atoms with Crippen LogP contribution in [-0.2, 0) is 16.5 Å². The number of hydrogen-bond donors (Lipinski definition) is 1. The van der Waals surface area contributed by atoms with Crippen LogP contribution in [0, 0.1) is 5.82 Å². The number of halogens is 4. The summed E-state index contributed by atoms with van der Waals surface area (Å²) in [6, 6.07) is 14.5. The molecule has 2 heterocycles. The highest BCUT2D eigenvalue weighted by Crippen LogP contribution is 2.40. The smallest absolute Gasteiger partial charge is 0.369 e. The lowest BCUT2D eigenvalue weighted by Crippen LogP contribution is -2.41. The van der Waals surface area contributed by atoms with E-state index in [2.05, 4.69) is 9.98 Å². The topological polar surface area (TPSA) is 71.6 Å². The van der Waals surface area contributed by atoms with Gasteiger partial charge in [-0.05, 0) is 35.4 Å². The molecule has 3 aromatic rings. The van der Waals surface area contributed by atoms with Crippen molar-refractivity contribution in [2.45, 2.75) is 11.7 Å². The van der Waals surface area contributed by atoms with Crippen LogP contribution in [0.25, 0.3) is 11.1 Å². The summed E-state index contributed by atoms with van der Waals surface area (Å²) in [6.45, 7) is 0. The number of carbonyl (C=O) groups is 1. The Bertz CT molecular complexity index is 1190. The molecule has 0 aliphatic carbocycles. The lowest BCUT2D eigenvalue weighted by molar-refractivity contribution is -0.137. The number of hydrogen-bond acceptors (Lipinski definition) is 4. The Labute approximate surface area is 174 Å². The van der Waals surface area contributed by atoms with E-state index in [9.17, 15) is 22.4 Å². The largest absolute Gasteiger partial charge is 0.417 e. The van der Waals surface area contributed by atoms with Gasteiger partial charge in [-0.15, -0.1) is 0 Å². The second kappa shape index (κ2) is 7.19. The minimum absolute atomic E-state index is 0.0246. The molecule has 1 unspecified atom stereocenters. The van der Waals surface area contributed by atoms with Gasteiger partial charge in [-0.25, -0.2) is 9.38 Å². The van der Waals surface area contributed by atoms with E-state index in [4.69, 9.17) is 5.73 Å². The summed E-state index contributed by atoms with van der Waals surface area (Å²) < 4.78 is 53.3. The van der Waals surface area contributed by atoms with Crippen molar-refractivity contribution in [2.24, 2.45) is 10.7 Å². The van der Waals surface area contributed by atoms with Crippen LogP contribution in [0.1, 0.15) is 16.8 Å². The van der Waals surface area contributed by atoms with Crippen LogP contribution in [0.4, 0.5) is 17.6 Å². The van der Waals surface area contributed by atoms with E-state index in [1.807, 2.05) is 0 Å². The van der Waals surface area contributed by atoms with Crippen LogP contribution >= 0.6 is 0 Å². The predicted octanol–water partition coefficient (Wildman–Crippen LogP) is 3.94. The van der Waals surface area contributed by atoms with E-state index >= 15 is 0 Å². The molecule has 2 aromatic carbocycles. The quantitative estimate of drug-likeness (QED) is 0.643. The molecule has 2 N–H and O–H groups in total. The maximum Gasteiger partial charge on any atom is 0.417 e. The van der Waals surface area contributed by atoms with E-state index in [-0.39, 0.29) is 11.7 Å². The zero-order valence-electron chi connectivity index (χ0n) is 16.2. The first-order valence-electron chi connectivity index (χ1n) is 9.17. The van der Waals surface area contributed by atoms with Crippen molar-refractivity contribution in [1.82, 2.24) is 9.88 Å². The molecule has 1 aromatic heterocycles. The maximum atomic E-state index is 14.3. The van der Waals surface area contributed by atoms with Crippen LogP contribution in [-0.4, -0.2) is 28.8 Å². The first kappa shape index (κ1) is 20.5. The number of likely N-dealkylation sites (N-methyl/N-ethyl adjacent to an activating group) is 1. The van der Waals surface area contributed by atoms with Crippen molar-refractivity contribution < 1.29 is 22.4 Å². The van der Waals surface area contributed by atoms with E-state index in [1.54, 1.807) is 42.5 Å². The monoisotopic (exact) mass is 428 g/mol. The van der Waals surface area contributed by atoms with Crippen LogP contribution < -0.4 is 5.73 Å². The van der Waals surface area contributed by atoms with Gasteiger partial charge >= 0.3 is 6.18 Å². The Balaban J connectivity index is 1.92. The Morgan fingerprint density at radius 3 is 2.35 bits per heavy atom. The molecule has 31 heavy (non-hydrogen) atoms. The zero-order chi connectivity index (χ0) is 22.4. The fraction of sp³-hybridized carbons (Fsp3) is 0.136. The fourth-order valence-electron chi connectivity index (χ4n) is 3.53. The van der Waals surface area contributed by atoms with Gasteiger partial charge in [-0.1, -0.05) is 36.4 Å². The maximum absolute atomic E-state index is 14.3. The van der Waals surface area contributed by atoms with E-state index in [0.29, 0.717) is 22.9 Å². The summed E-state index contributed by atoms with van der Waals surface area (Å²) in [6.07, 6.45) is -3.93. The van der Waals surface area contributed by atoms with Gasteiger partial charge in [-0.3, -0.25) is 14.7 Å². The van der Waals surface area contributed by atoms with Crippen LogP contribution in [0.5, 0.6) is 0 Å². The number of alkyl halides is 3. The summed E-state index contributed by atoms with van der Waals surface area (Å²) in [5.74, 6) is -1.15. The molecule has 1 amide bonds. The number of amides is 1. The molecule has 0 spiro atoms. The number of rotatable bonds is 3. The molecule has 0 bridgehead atoms. The van der Waals surface area contributed by atoms with E-state index in [1.165, 1.54) is 13.1 Å². The summed E-state index contributed by atoms with van der Waals surface area (Å²) in [5.41, 5.74) is 4.19. The van der Waals surface area contributed by atoms with Gasteiger partial charge in [0.1, 0.15) is 5.82 Å². The van der Waals surface area contributed by atoms with E-state index < -0.39 is 29.0 Å². The molecule has 158 valence electrons. The van der Waals surface area contributed by atoms with Gasteiger partial charge in [0.05, 0.1) is 11.3 Å². The number of guanidine groups is 1. The molecular formula is C22H16F4N4O. The number of aliphatic imine (C=N–C) groups is 1. The Hall–Kier alpha value is -3.75. The highest BCUT2D eigenvalue weighted by atomic mass is 19.4. The van der Waals surface area contributed by atoms with Gasteiger partial charge in [-0.2, -0.15) is 13.2 Å². The van der Waals surface area contributed by atoms with Gasteiger partial charge in [0.2, 0.25) is 5.54 Å². The molecular weight excluding hydrogens is 412 g/mol. The molecule has 5 nitrogen and oxygen atoms in total. The Kier molecular flexibility index (Phi) is 4.76. The average molecular weight is 428 g/mol. The highest BCUT2D eigenvalue weighted by molar-refractivity contribution is 6.08. The van der Waals surface area contributed by atoms with Gasteiger partial charge in [0.25, 0.3) is 5.91 Å². The van der Waals surface area contributed by atoms with Crippen molar-refractivity contribution in [2.75, 3.05) is 7.05 Å². The summed E-state index contributed by atoms with van der Waals surface area (Å²) in [7, 11) is 1.41. The Morgan fingerprint density at radius 2 is 1.77 bits per heavy atom. The molecule has 0 saturated carbocycles. The fourth-order valence-corrected chi connectivity index (χ4v) is 3.53. The average Bonchev–Trinajstić information content (AvgIpc) is 2.98. The van der Waals surface area contributed by atoms with Crippen molar-refractivity contribution in [3.05, 3.63) is 89.5 Å². The molecule has 0 saturated heterocycles. The number of nitrogens with two attached hydrogens (primary N) is 1. The number of benzene rings is 2. The molecule has 1 aliphatic heterocycles. The molecule has 1 aliphatic rings. The van der Waals surface area contributed by atoms with E-state index in [0.717, 1.165) is 17.0 Å². The number of nitrogens with zero attached hydrogens (tertiary/aromatic N) is 3. The minimum atomic E-state index is -4.58. The molecule has 4 rings (SSSR count). The van der Waals surface area contributed by atoms with Crippen molar-refractivity contribution >= 4 is 11.9 Å². The minimum Gasteiger partial charge on any atom is -0.369 e. The van der Waals surface area contributed by atoms with Crippen molar-refractivity contribution in [1.29, 1.82) is 0 Å². The van der Waals surface area contributed by atoms with Crippen molar-refractivity contribution in [3.8, 4) is 11.1 Å². The predicted molar refractivity (Wildman–Crippen MR) is 106 cm³/mol. The normalized spacial score (nSPS) is 18.9. The zero-order valence-corrected chi connectivity index (χ0v) is 16.2. The highest BCUT2D eigenvalue weighted by Gasteiger charge is 2.51. The summed E-state index contributed by atoms with van der Waals surface area (Å²) >= 11 is 0. The molecule has 1 atom stereocenters. The third-order valence-corrected chi connectivity index (χ3v) is 5.17. The first-order chi connectivity index (χ1) is 14.6. The van der Waals surface area contributed by atoms with Gasteiger partial charge in [0.15, 0.2) is 5.96 Å². The third-order valence-electron chi connectivity index (χ3n) is 5.17. The first-order valence-corrected chi connectivity index (χ1v) is 9.17. The third kappa shape index (κ3) is 3.31. The Morgan fingerprint density at radius 1 is 1.03 bits per heavy atom. The molecule has 0 radical (unpaired) electrons. The number of aromatic nitrogens is 1.